The Morgan fingerprint density at radius 1 is 1.00 bits per heavy atom. The van der Waals surface area contributed by atoms with Crippen molar-refractivity contribution in [2.45, 2.75) is 110 Å². The second-order valence-corrected chi connectivity index (χ2v) is 7.71. The van der Waals surface area contributed by atoms with Crippen molar-refractivity contribution in [2.75, 3.05) is 13.1 Å². The van der Waals surface area contributed by atoms with Crippen LogP contribution in [-0.4, -0.2) is 41.3 Å². The number of hydrogen-bond acceptors (Lipinski definition) is 2. The number of nitrogens with zero attached hydrogens (tertiary/aromatic N) is 2. The van der Waals surface area contributed by atoms with E-state index in [9.17, 15) is 5.11 Å². The Morgan fingerprint density at radius 3 is 2.20 bits per heavy atom. The van der Waals surface area contributed by atoms with Gasteiger partial charge < -0.3 is 5.11 Å². The summed E-state index contributed by atoms with van der Waals surface area (Å²) in [7, 11) is 0. The Morgan fingerprint density at radius 2 is 1.60 bits per heavy atom. The molecule has 0 radical (unpaired) electrons. The zero-order valence-corrected chi connectivity index (χ0v) is 17.1. The second-order valence-electron chi connectivity index (χ2n) is 7.71. The molecule has 146 valence electrons. The molecule has 0 saturated carbocycles. The van der Waals surface area contributed by atoms with Crippen LogP contribution in [0.3, 0.4) is 0 Å². The summed E-state index contributed by atoms with van der Waals surface area (Å²) in [5, 5.41) is 10.2. The summed E-state index contributed by atoms with van der Waals surface area (Å²) in [4.78, 5) is 4.66. The van der Waals surface area contributed by atoms with Gasteiger partial charge in [0.05, 0.1) is 12.8 Å². The first-order valence-corrected chi connectivity index (χ1v) is 10.9. The van der Waals surface area contributed by atoms with E-state index in [2.05, 4.69) is 31.0 Å². The highest BCUT2D eigenvalue weighted by molar-refractivity contribution is 5.60. The minimum absolute atomic E-state index is 0.282. The van der Waals surface area contributed by atoms with Crippen molar-refractivity contribution < 1.29 is 9.59 Å². The van der Waals surface area contributed by atoms with Gasteiger partial charge in [0.2, 0.25) is 0 Å². The van der Waals surface area contributed by atoms with E-state index in [0.717, 1.165) is 24.0 Å². The molecule has 0 aliphatic carbocycles. The molecule has 3 heteroatoms. The van der Waals surface area contributed by atoms with E-state index in [1.807, 2.05) is 13.1 Å². The lowest BCUT2D eigenvalue weighted by atomic mass is 10.1. The van der Waals surface area contributed by atoms with Crippen LogP contribution in [0.5, 0.6) is 0 Å². The Kier molecular flexibility index (Phi) is 12.1. The first-order valence-electron chi connectivity index (χ1n) is 10.9. The molecule has 0 aromatic rings. The van der Waals surface area contributed by atoms with Gasteiger partial charge in [-0.1, -0.05) is 64.0 Å². The van der Waals surface area contributed by atoms with E-state index in [1.54, 1.807) is 0 Å². The maximum atomic E-state index is 10.2. The maximum absolute atomic E-state index is 10.2. The average Bonchev–Trinajstić information content (AvgIpc) is 3.03. The molecule has 0 amide bonds. The molecule has 1 aliphatic heterocycles. The number of quaternary nitrogens is 1. The summed E-state index contributed by atoms with van der Waals surface area (Å²) in [6.07, 6.45) is 22.4. The Bertz CT molecular complexity index is 378. The van der Waals surface area contributed by atoms with Crippen LogP contribution in [0, 0.1) is 0 Å². The Balaban J connectivity index is 1.98. The smallest absolute Gasteiger partial charge is 0.189 e. The van der Waals surface area contributed by atoms with Gasteiger partial charge in [-0.3, -0.25) is 4.48 Å². The lowest BCUT2D eigenvalue weighted by Gasteiger charge is -2.40. The molecule has 1 heterocycles. The highest BCUT2D eigenvalue weighted by Crippen LogP contribution is 2.26. The Hall–Kier alpha value is -0.670. The number of unbranched alkanes of at least 4 members (excludes halogenated alkanes) is 9. The molecule has 25 heavy (non-hydrogen) atoms. The summed E-state index contributed by atoms with van der Waals surface area (Å²) >= 11 is 0. The van der Waals surface area contributed by atoms with E-state index in [0.29, 0.717) is 0 Å². The average molecular weight is 352 g/mol. The third-order valence-electron chi connectivity index (χ3n) is 5.85. The second kappa shape index (κ2) is 13.5. The van der Waals surface area contributed by atoms with E-state index >= 15 is 0 Å². The lowest BCUT2D eigenvalue weighted by Crippen LogP contribution is -2.57. The summed E-state index contributed by atoms with van der Waals surface area (Å²) in [6, 6.07) is 0. The van der Waals surface area contributed by atoms with Crippen LogP contribution in [0.15, 0.2) is 17.1 Å². The molecule has 3 nitrogen and oxygen atoms in total. The number of allylic oxidation sites excluding steroid dienone is 2. The highest BCUT2D eigenvalue weighted by atomic mass is 16.3. The third kappa shape index (κ3) is 8.04. The number of aliphatic hydroxyl groups is 1. The number of aliphatic hydroxyl groups excluding tert-OH is 1. The molecular formula is C22H43N2O+. The molecule has 0 aromatic heterocycles. The molecule has 0 fully saturated rings. The van der Waals surface area contributed by atoms with Crippen molar-refractivity contribution >= 4 is 6.21 Å². The predicted molar refractivity (Wildman–Crippen MR) is 110 cm³/mol. The fraction of sp³-hybridized carbons (Fsp3) is 0.864. The van der Waals surface area contributed by atoms with Crippen LogP contribution in [0.1, 0.15) is 97.8 Å². The molecule has 1 aliphatic rings. The van der Waals surface area contributed by atoms with Crippen LogP contribution in [0.4, 0.5) is 0 Å². The highest BCUT2D eigenvalue weighted by Gasteiger charge is 2.41. The fourth-order valence-electron chi connectivity index (χ4n) is 3.94. The number of rotatable bonds is 15. The summed E-state index contributed by atoms with van der Waals surface area (Å²) in [6.45, 7) is 8.21. The number of aliphatic imine (C=N–C) groups is 1. The van der Waals surface area contributed by atoms with Crippen LogP contribution >= 0.6 is 0 Å². The SMILES string of the molecule is CCCC/C=C/CCCCCCCCCC1N=CC[N+]1(CC)C(C)O. The van der Waals surface area contributed by atoms with Gasteiger partial charge in [0.25, 0.3) is 0 Å². The molecule has 0 bridgehead atoms. The van der Waals surface area contributed by atoms with E-state index in [1.165, 1.54) is 70.6 Å². The molecule has 1 rings (SSSR count). The minimum Gasteiger partial charge on any atom is -0.345 e. The largest absolute Gasteiger partial charge is 0.345 e. The van der Waals surface area contributed by atoms with Gasteiger partial charge in [-0.15, -0.1) is 0 Å². The lowest BCUT2D eigenvalue weighted by molar-refractivity contribution is -0.976. The zero-order valence-electron chi connectivity index (χ0n) is 17.1. The molecule has 0 spiro atoms. The Labute approximate surface area is 156 Å². The van der Waals surface area contributed by atoms with Gasteiger partial charge in [-0.25, -0.2) is 4.99 Å². The molecule has 0 aromatic carbocycles. The normalized spacial score (nSPS) is 24.4. The van der Waals surface area contributed by atoms with Gasteiger partial charge in [-0.05, 0) is 32.6 Å². The zero-order chi connectivity index (χ0) is 18.4. The van der Waals surface area contributed by atoms with Gasteiger partial charge in [0.1, 0.15) is 6.54 Å². The standard InChI is InChI=1S/C22H43N2O/c1-4-6-7-8-9-10-11-12-13-14-15-16-17-18-22-23-19-20-24(22,5-2)21(3)25/h8-9,19,21-22,25H,4-7,10-18,20H2,1-3H3/q+1/b9-8+. The van der Waals surface area contributed by atoms with E-state index in [4.69, 9.17) is 0 Å². The van der Waals surface area contributed by atoms with E-state index in [-0.39, 0.29) is 12.4 Å². The third-order valence-corrected chi connectivity index (χ3v) is 5.85. The van der Waals surface area contributed by atoms with E-state index < -0.39 is 0 Å². The molecule has 1 N–H and O–H groups in total. The monoisotopic (exact) mass is 351 g/mol. The molecule has 3 unspecified atom stereocenters. The van der Waals surface area contributed by atoms with Gasteiger partial charge in [0.15, 0.2) is 12.4 Å². The predicted octanol–water partition coefficient (Wildman–Crippen LogP) is 5.83. The van der Waals surface area contributed by atoms with Crippen molar-refractivity contribution in [3.8, 4) is 0 Å². The van der Waals surface area contributed by atoms with Crippen LogP contribution in [0.2, 0.25) is 0 Å². The topological polar surface area (TPSA) is 32.6 Å². The summed E-state index contributed by atoms with van der Waals surface area (Å²) < 4.78 is 0.742. The molecule has 3 atom stereocenters. The van der Waals surface area contributed by atoms with Crippen molar-refractivity contribution in [1.82, 2.24) is 0 Å². The van der Waals surface area contributed by atoms with Crippen molar-refractivity contribution in [1.29, 1.82) is 0 Å². The molecular weight excluding hydrogens is 308 g/mol. The number of hydrogen-bond donors (Lipinski definition) is 1. The van der Waals surface area contributed by atoms with Gasteiger partial charge in [-0.2, -0.15) is 0 Å². The van der Waals surface area contributed by atoms with Crippen molar-refractivity contribution in [3.63, 3.8) is 0 Å². The summed E-state index contributed by atoms with van der Waals surface area (Å²) in [5.41, 5.74) is 0. The quantitative estimate of drug-likeness (QED) is 0.225. The maximum Gasteiger partial charge on any atom is 0.189 e. The summed E-state index contributed by atoms with van der Waals surface area (Å²) in [5.74, 6) is 0. The fourth-order valence-corrected chi connectivity index (χ4v) is 3.94. The van der Waals surface area contributed by atoms with Gasteiger partial charge >= 0.3 is 0 Å². The first-order chi connectivity index (χ1) is 12.2. The minimum atomic E-state index is -0.312. The molecule has 0 saturated heterocycles. The van der Waals surface area contributed by atoms with Crippen molar-refractivity contribution in [2.24, 2.45) is 4.99 Å². The van der Waals surface area contributed by atoms with Crippen LogP contribution in [0.25, 0.3) is 0 Å². The van der Waals surface area contributed by atoms with Crippen LogP contribution < -0.4 is 0 Å². The van der Waals surface area contributed by atoms with Crippen molar-refractivity contribution in [3.05, 3.63) is 12.2 Å². The van der Waals surface area contributed by atoms with Gasteiger partial charge in [0, 0.05) is 13.3 Å². The van der Waals surface area contributed by atoms with Crippen LogP contribution in [-0.2, 0) is 0 Å². The first kappa shape index (κ1) is 22.4.